The number of amides is 2. The highest BCUT2D eigenvalue weighted by Gasteiger charge is 2.36. The minimum absolute atomic E-state index is 0.0559. The molecular weight excluding hydrogens is 359 g/mol. The molecule has 4 rings (SSSR count). The van der Waals surface area contributed by atoms with Crippen LogP contribution in [0.1, 0.15) is 41.1 Å². The highest BCUT2D eigenvalue weighted by molar-refractivity contribution is 6.01. The zero-order chi connectivity index (χ0) is 19.7. The molecular formula is C22H21FN2O3. The molecule has 2 aromatic rings. The van der Waals surface area contributed by atoms with Gasteiger partial charge in [-0.15, -0.1) is 0 Å². The monoisotopic (exact) mass is 380 g/mol. The molecule has 0 saturated carbocycles. The maximum Gasteiger partial charge on any atom is 0.230 e. The number of ketones is 1. The number of hydrogen-bond donors (Lipinski definition) is 1. The standard InChI is InChI=1S/C22H21FN2O3/c23-16-6-7-17-18(13-20(26)24-19(17)12-16)22(28)25-10-8-15(9-11-25)21(27)14-4-2-1-3-5-14/h1-7,12,15,18H,8-11,13H2,(H,24,26)/t18-/m1/s1. The van der Waals surface area contributed by atoms with Crippen molar-refractivity contribution in [2.24, 2.45) is 5.92 Å². The second-order valence-corrected chi connectivity index (χ2v) is 7.37. The number of nitrogens with zero attached hydrogens (tertiary/aromatic N) is 1. The number of fused-ring (bicyclic) bond motifs is 1. The molecule has 6 heteroatoms. The summed E-state index contributed by atoms with van der Waals surface area (Å²) in [5.74, 6) is -1.45. The minimum Gasteiger partial charge on any atom is -0.342 e. The number of piperidine rings is 1. The zero-order valence-corrected chi connectivity index (χ0v) is 15.4. The SMILES string of the molecule is O=C1C[C@@H](C(=O)N2CCC(C(=O)c3ccccc3)CC2)c2ccc(F)cc2N1. The Bertz CT molecular complexity index is 921. The first kappa shape index (κ1) is 18.3. The molecule has 1 fully saturated rings. The van der Waals surface area contributed by atoms with Gasteiger partial charge in [-0.2, -0.15) is 0 Å². The highest BCUT2D eigenvalue weighted by Crippen LogP contribution is 2.35. The summed E-state index contributed by atoms with van der Waals surface area (Å²) in [6, 6.07) is 13.3. The Morgan fingerprint density at radius 2 is 1.75 bits per heavy atom. The normalized spacial score (nSPS) is 19.7. The van der Waals surface area contributed by atoms with E-state index in [0.717, 1.165) is 0 Å². The first-order valence-electron chi connectivity index (χ1n) is 9.50. The lowest BCUT2D eigenvalue weighted by molar-refractivity contribution is -0.136. The predicted octanol–water partition coefficient (Wildman–Crippen LogP) is 3.37. The van der Waals surface area contributed by atoms with Gasteiger partial charge in [0.1, 0.15) is 5.82 Å². The summed E-state index contributed by atoms with van der Waals surface area (Å²) >= 11 is 0. The number of likely N-dealkylation sites (tertiary alicyclic amines) is 1. The van der Waals surface area contributed by atoms with Gasteiger partial charge in [0.25, 0.3) is 0 Å². The van der Waals surface area contributed by atoms with Crippen molar-refractivity contribution in [2.75, 3.05) is 18.4 Å². The van der Waals surface area contributed by atoms with Crippen LogP contribution < -0.4 is 5.32 Å². The van der Waals surface area contributed by atoms with E-state index in [1.165, 1.54) is 12.1 Å². The minimum atomic E-state index is -0.606. The molecule has 1 saturated heterocycles. The van der Waals surface area contributed by atoms with Crippen LogP contribution in [-0.2, 0) is 9.59 Å². The van der Waals surface area contributed by atoms with Gasteiger partial charge in [-0.1, -0.05) is 36.4 Å². The van der Waals surface area contributed by atoms with Crippen LogP contribution in [0.4, 0.5) is 10.1 Å². The van der Waals surface area contributed by atoms with E-state index in [1.54, 1.807) is 11.0 Å². The van der Waals surface area contributed by atoms with Crippen LogP contribution in [0.3, 0.4) is 0 Å². The van der Waals surface area contributed by atoms with Gasteiger partial charge in [-0.05, 0) is 30.5 Å². The number of benzene rings is 2. The van der Waals surface area contributed by atoms with Crippen molar-refractivity contribution in [2.45, 2.75) is 25.2 Å². The molecule has 28 heavy (non-hydrogen) atoms. The summed E-state index contributed by atoms with van der Waals surface area (Å²) in [4.78, 5) is 39.4. The largest absolute Gasteiger partial charge is 0.342 e. The van der Waals surface area contributed by atoms with Crippen LogP contribution in [0.2, 0.25) is 0 Å². The third-order valence-corrected chi connectivity index (χ3v) is 5.59. The molecule has 5 nitrogen and oxygen atoms in total. The molecule has 1 atom stereocenters. The van der Waals surface area contributed by atoms with E-state index in [2.05, 4.69) is 5.32 Å². The molecule has 0 radical (unpaired) electrons. The fraction of sp³-hybridized carbons (Fsp3) is 0.318. The van der Waals surface area contributed by atoms with Crippen molar-refractivity contribution >= 4 is 23.3 Å². The lowest BCUT2D eigenvalue weighted by Crippen LogP contribution is -2.44. The summed E-state index contributed by atoms with van der Waals surface area (Å²) in [6.07, 6.45) is 1.27. The number of anilines is 1. The smallest absolute Gasteiger partial charge is 0.230 e. The van der Waals surface area contributed by atoms with E-state index < -0.39 is 11.7 Å². The van der Waals surface area contributed by atoms with E-state index in [1.807, 2.05) is 30.3 Å². The van der Waals surface area contributed by atoms with Crippen LogP contribution in [0.15, 0.2) is 48.5 Å². The van der Waals surface area contributed by atoms with E-state index in [-0.39, 0.29) is 29.9 Å². The Kier molecular flexibility index (Phi) is 4.94. The Labute approximate surface area is 162 Å². The van der Waals surface area contributed by atoms with Gasteiger partial charge < -0.3 is 10.2 Å². The van der Waals surface area contributed by atoms with Gasteiger partial charge >= 0.3 is 0 Å². The molecule has 2 aliphatic heterocycles. The third-order valence-electron chi connectivity index (χ3n) is 5.59. The molecule has 0 aliphatic carbocycles. The molecule has 2 amide bonds. The van der Waals surface area contributed by atoms with Crippen molar-refractivity contribution in [1.29, 1.82) is 0 Å². The number of halogens is 1. The summed E-state index contributed by atoms with van der Waals surface area (Å²) in [7, 11) is 0. The number of nitrogens with one attached hydrogen (secondary N) is 1. The van der Waals surface area contributed by atoms with Crippen molar-refractivity contribution < 1.29 is 18.8 Å². The lowest BCUT2D eigenvalue weighted by atomic mass is 9.86. The number of rotatable bonds is 3. The van der Waals surface area contributed by atoms with Gasteiger partial charge in [-0.3, -0.25) is 14.4 Å². The molecule has 0 aromatic heterocycles. The average Bonchev–Trinajstić information content (AvgIpc) is 2.72. The topological polar surface area (TPSA) is 66.5 Å². The van der Waals surface area contributed by atoms with E-state index in [9.17, 15) is 18.8 Å². The third kappa shape index (κ3) is 3.54. The van der Waals surface area contributed by atoms with Crippen molar-refractivity contribution in [1.82, 2.24) is 4.90 Å². The molecule has 2 aliphatic rings. The second kappa shape index (κ2) is 7.54. The van der Waals surface area contributed by atoms with Gasteiger partial charge in [0.05, 0.1) is 5.92 Å². The molecule has 2 heterocycles. The first-order valence-corrected chi connectivity index (χ1v) is 9.50. The number of Topliss-reactive ketones (excluding diaryl/α,β-unsaturated/α-hetero) is 1. The molecule has 0 spiro atoms. The van der Waals surface area contributed by atoms with Crippen molar-refractivity contribution in [3.63, 3.8) is 0 Å². The van der Waals surface area contributed by atoms with E-state index in [0.29, 0.717) is 42.7 Å². The number of carbonyl (C=O) groups is 3. The molecule has 0 bridgehead atoms. The van der Waals surface area contributed by atoms with E-state index >= 15 is 0 Å². The van der Waals surface area contributed by atoms with E-state index in [4.69, 9.17) is 0 Å². The number of carbonyl (C=O) groups excluding carboxylic acids is 3. The number of hydrogen-bond acceptors (Lipinski definition) is 3. The van der Waals surface area contributed by atoms with Crippen molar-refractivity contribution in [3.8, 4) is 0 Å². The molecule has 0 unspecified atom stereocenters. The van der Waals surface area contributed by atoms with Crippen LogP contribution in [-0.4, -0.2) is 35.6 Å². The average molecular weight is 380 g/mol. The Balaban J connectivity index is 1.45. The van der Waals surface area contributed by atoms with Gasteiger partial charge in [-0.25, -0.2) is 4.39 Å². The first-order chi connectivity index (χ1) is 13.5. The maximum atomic E-state index is 13.5. The Morgan fingerprint density at radius 3 is 2.46 bits per heavy atom. The Morgan fingerprint density at radius 1 is 1.04 bits per heavy atom. The van der Waals surface area contributed by atoms with Gasteiger partial charge in [0, 0.05) is 36.7 Å². The summed E-state index contributed by atoms with van der Waals surface area (Å²) in [6.45, 7) is 0.966. The second-order valence-electron chi connectivity index (χ2n) is 7.37. The zero-order valence-electron chi connectivity index (χ0n) is 15.4. The maximum absolute atomic E-state index is 13.5. The summed E-state index contributed by atoms with van der Waals surface area (Å²) < 4.78 is 13.5. The van der Waals surface area contributed by atoms with Crippen LogP contribution >= 0.6 is 0 Å². The lowest BCUT2D eigenvalue weighted by Gasteiger charge is -2.35. The summed E-state index contributed by atoms with van der Waals surface area (Å²) in [5, 5.41) is 2.63. The van der Waals surface area contributed by atoms with Crippen molar-refractivity contribution in [3.05, 3.63) is 65.5 Å². The Hall–Kier alpha value is -3.02. The van der Waals surface area contributed by atoms with Crippen LogP contribution in [0, 0.1) is 11.7 Å². The molecule has 144 valence electrons. The quantitative estimate of drug-likeness (QED) is 0.831. The predicted molar refractivity (Wildman–Crippen MR) is 102 cm³/mol. The van der Waals surface area contributed by atoms with Gasteiger partial charge in [0.2, 0.25) is 11.8 Å². The van der Waals surface area contributed by atoms with Crippen LogP contribution in [0.5, 0.6) is 0 Å². The summed E-state index contributed by atoms with van der Waals surface area (Å²) in [5.41, 5.74) is 1.71. The fourth-order valence-corrected chi connectivity index (χ4v) is 4.08. The molecule has 2 aromatic carbocycles. The van der Waals surface area contributed by atoms with Gasteiger partial charge in [0.15, 0.2) is 5.78 Å². The van der Waals surface area contributed by atoms with Crippen LogP contribution in [0.25, 0.3) is 0 Å². The highest BCUT2D eigenvalue weighted by atomic mass is 19.1. The molecule has 1 N–H and O–H groups in total. The fourth-order valence-electron chi connectivity index (χ4n) is 4.08.